The Hall–Kier alpha value is -2.89. The maximum absolute atomic E-state index is 12.9. The Morgan fingerprint density at radius 3 is 2.28 bits per heavy atom. The van der Waals surface area contributed by atoms with Crippen LogP contribution in [0.5, 0.6) is 5.75 Å². The number of ether oxygens (including phenoxy) is 1. The zero-order chi connectivity index (χ0) is 17.6. The molecule has 130 valence electrons. The molecule has 1 N–H and O–H groups in total. The highest BCUT2D eigenvalue weighted by atomic mass is 19.1. The first-order valence-corrected chi connectivity index (χ1v) is 8.20. The molecular formula is C19H19FN2O3. The first kappa shape index (κ1) is 17.0. The molecule has 0 radical (unpaired) electrons. The van der Waals surface area contributed by atoms with E-state index in [0.29, 0.717) is 37.2 Å². The van der Waals surface area contributed by atoms with Crippen molar-refractivity contribution in [2.45, 2.75) is 18.9 Å². The molecule has 1 saturated heterocycles. The summed E-state index contributed by atoms with van der Waals surface area (Å²) in [4.78, 5) is 25.9. The van der Waals surface area contributed by atoms with E-state index in [4.69, 9.17) is 4.74 Å². The van der Waals surface area contributed by atoms with Crippen molar-refractivity contribution in [1.82, 2.24) is 10.2 Å². The van der Waals surface area contributed by atoms with E-state index in [0.717, 1.165) is 0 Å². The minimum atomic E-state index is -0.380. The van der Waals surface area contributed by atoms with Gasteiger partial charge in [-0.3, -0.25) is 4.79 Å². The van der Waals surface area contributed by atoms with Gasteiger partial charge >= 0.3 is 6.09 Å². The standard InChI is InChI=1S/C19H19FN2O3/c20-15-8-6-14(7-9-15)18(23)21-16-10-12-22(13-11-16)19(24)25-17-4-2-1-3-5-17/h1-9,16H,10-13H2,(H,21,23). The Morgan fingerprint density at radius 2 is 1.64 bits per heavy atom. The third kappa shape index (κ3) is 4.56. The second-order valence-electron chi connectivity index (χ2n) is 5.92. The summed E-state index contributed by atoms with van der Waals surface area (Å²) in [6, 6.07) is 14.3. The number of piperidine rings is 1. The minimum Gasteiger partial charge on any atom is -0.410 e. The van der Waals surface area contributed by atoms with Crippen molar-refractivity contribution in [3.63, 3.8) is 0 Å². The fourth-order valence-corrected chi connectivity index (χ4v) is 2.73. The van der Waals surface area contributed by atoms with Gasteiger partial charge in [0.2, 0.25) is 0 Å². The van der Waals surface area contributed by atoms with Crippen molar-refractivity contribution in [3.05, 3.63) is 66.0 Å². The van der Waals surface area contributed by atoms with Crippen LogP contribution in [-0.2, 0) is 0 Å². The Kier molecular flexibility index (Phi) is 5.28. The highest BCUT2D eigenvalue weighted by Gasteiger charge is 2.25. The molecule has 0 bridgehead atoms. The highest BCUT2D eigenvalue weighted by molar-refractivity contribution is 5.94. The van der Waals surface area contributed by atoms with Crippen LogP contribution in [0.4, 0.5) is 9.18 Å². The van der Waals surface area contributed by atoms with Gasteiger partial charge in [0.25, 0.3) is 5.91 Å². The molecule has 1 heterocycles. The molecule has 0 saturated carbocycles. The SMILES string of the molecule is O=C(NC1CCN(C(=O)Oc2ccccc2)CC1)c1ccc(F)cc1. The predicted octanol–water partition coefficient (Wildman–Crippen LogP) is 3.22. The Labute approximate surface area is 145 Å². The number of nitrogens with zero attached hydrogens (tertiary/aromatic N) is 1. The van der Waals surface area contributed by atoms with Crippen molar-refractivity contribution >= 4 is 12.0 Å². The van der Waals surface area contributed by atoms with Crippen LogP contribution in [0, 0.1) is 5.82 Å². The van der Waals surface area contributed by atoms with Gasteiger partial charge in [-0.2, -0.15) is 0 Å². The van der Waals surface area contributed by atoms with Crippen LogP contribution in [0.25, 0.3) is 0 Å². The number of nitrogens with one attached hydrogen (secondary N) is 1. The van der Waals surface area contributed by atoms with Gasteiger partial charge in [0.15, 0.2) is 0 Å². The number of hydrogen-bond donors (Lipinski definition) is 1. The maximum atomic E-state index is 12.9. The summed E-state index contributed by atoms with van der Waals surface area (Å²) < 4.78 is 18.2. The van der Waals surface area contributed by atoms with E-state index in [1.165, 1.54) is 24.3 Å². The van der Waals surface area contributed by atoms with Crippen LogP contribution in [-0.4, -0.2) is 36.0 Å². The van der Waals surface area contributed by atoms with Crippen molar-refractivity contribution < 1.29 is 18.7 Å². The fraction of sp³-hybridized carbons (Fsp3) is 0.263. The first-order chi connectivity index (χ1) is 12.1. The van der Waals surface area contributed by atoms with E-state index < -0.39 is 0 Å². The fourth-order valence-electron chi connectivity index (χ4n) is 2.73. The van der Waals surface area contributed by atoms with Gasteiger partial charge < -0.3 is 15.0 Å². The summed E-state index contributed by atoms with van der Waals surface area (Å²) in [5, 5.41) is 2.92. The molecule has 2 aromatic rings. The molecule has 1 fully saturated rings. The molecule has 25 heavy (non-hydrogen) atoms. The van der Waals surface area contributed by atoms with Crippen molar-refractivity contribution in [1.29, 1.82) is 0 Å². The topological polar surface area (TPSA) is 58.6 Å². The van der Waals surface area contributed by atoms with Gasteiger partial charge in [-0.15, -0.1) is 0 Å². The van der Waals surface area contributed by atoms with Gasteiger partial charge in [0.05, 0.1) is 0 Å². The van der Waals surface area contributed by atoms with E-state index in [1.807, 2.05) is 6.07 Å². The first-order valence-electron chi connectivity index (χ1n) is 8.20. The lowest BCUT2D eigenvalue weighted by Gasteiger charge is -2.31. The number of para-hydroxylation sites is 1. The quantitative estimate of drug-likeness (QED) is 0.932. The van der Waals surface area contributed by atoms with E-state index in [-0.39, 0.29) is 23.9 Å². The van der Waals surface area contributed by atoms with Crippen LogP contribution in [0.1, 0.15) is 23.2 Å². The Bertz CT molecular complexity index is 726. The lowest BCUT2D eigenvalue weighted by atomic mass is 10.0. The number of halogens is 1. The summed E-state index contributed by atoms with van der Waals surface area (Å²) in [6.45, 7) is 1.03. The van der Waals surface area contributed by atoms with Gasteiger partial charge in [-0.05, 0) is 49.2 Å². The molecule has 0 aliphatic carbocycles. The largest absolute Gasteiger partial charge is 0.415 e. The van der Waals surface area contributed by atoms with Crippen LogP contribution in [0.2, 0.25) is 0 Å². The van der Waals surface area contributed by atoms with Gasteiger partial charge in [-0.1, -0.05) is 18.2 Å². The van der Waals surface area contributed by atoms with Crippen molar-refractivity contribution in [3.8, 4) is 5.75 Å². The van der Waals surface area contributed by atoms with Crippen LogP contribution in [0.15, 0.2) is 54.6 Å². The average molecular weight is 342 g/mol. The number of benzene rings is 2. The molecule has 1 aliphatic rings. The van der Waals surface area contributed by atoms with E-state index in [1.54, 1.807) is 29.2 Å². The molecule has 0 aromatic heterocycles. The van der Waals surface area contributed by atoms with Gasteiger partial charge in [-0.25, -0.2) is 9.18 Å². The summed E-state index contributed by atoms with van der Waals surface area (Å²) in [6.07, 6.45) is 0.919. The second kappa shape index (κ2) is 7.79. The summed E-state index contributed by atoms with van der Waals surface area (Å²) in [5.41, 5.74) is 0.423. The smallest absolute Gasteiger partial charge is 0.410 e. The molecule has 1 aliphatic heterocycles. The van der Waals surface area contributed by atoms with Crippen LogP contribution >= 0.6 is 0 Å². The Balaban J connectivity index is 1.47. The summed E-state index contributed by atoms with van der Waals surface area (Å²) in [7, 11) is 0. The lowest BCUT2D eigenvalue weighted by molar-refractivity contribution is 0.0910. The third-order valence-corrected chi connectivity index (χ3v) is 4.14. The number of carbonyl (C=O) groups excluding carboxylic acids is 2. The number of carbonyl (C=O) groups is 2. The highest BCUT2D eigenvalue weighted by Crippen LogP contribution is 2.15. The zero-order valence-electron chi connectivity index (χ0n) is 13.7. The lowest BCUT2D eigenvalue weighted by Crippen LogP contribution is -2.47. The molecule has 3 rings (SSSR count). The monoisotopic (exact) mass is 342 g/mol. The summed E-state index contributed by atoms with van der Waals surface area (Å²) >= 11 is 0. The molecule has 2 aromatic carbocycles. The number of hydrogen-bond acceptors (Lipinski definition) is 3. The maximum Gasteiger partial charge on any atom is 0.415 e. The zero-order valence-corrected chi connectivity index (χ0v) is 13.7. The molecular weight excluding hydrogens is 323 g/mol. The Morgan fingerprint density at radius 1 is 1.00 bits per heavy atom. The van der Waals surface area contributed by atoms with Crippen molar-refractivity contribution in [2.75, 3.05) is 13.1 Å². The molecule has 5 nitrogen and oxygen atoms in total. The normalized spacial score (nSPS) is 14.8. The van der Waals surface area contributed by atoms with E-state index in [2.05, 4.69) is 5.32 Å². The van der Waals surface area contributed by atoms with Gasteiger partial charge in [0, 0.05) is 24.7 Å². The summed E-state index contributed by atoms with van der Waals surface area (Å²) in [5.74, 6) is -0.0914. The van der Waals surface area contributed by atoms with Crippen LogP contribution < -0.4 is 10.1 Å². The molecule has 0 atom stereocenters. The third-order valence-electron chi connectivity index (χ3n) is 4.14. The van der Waals surface area contributed by atoms with Crippen LogP contribution in [0.3, 0.4) is 0 Å². The predicted molar refractivity (Wildman–Crippen MR) is 90.9 cm³/mol. The molecule has 0 spiro atoms. The number of likely N-dealkylation sites (tertiary alicyclic amines) is 1. The molecule has 0 unspecified atom stereocenters. The van der Waals surface area contributed by atoms with Crippen molar-refractivity contribution in [2.24, 2.45) is 0 Å². The molecule has 2 amide bonds. The van der Waals surface area contributed by atoms with E-state index >= 15 is 0 Å². The minimum absolute atomic E-state index is 0.0154. The van der Waals surface area contributed by atoms with Gasteiger partial charge in [0.1, 0.15) is 11.6 Å². The second-order valence-corrected chi connectivity index (χ2v) is 5.92. The number of rotatable bonds is 3. The number of amides is 2. The molecule has 6 heteroatoms. The van der Waals surface area contributed by atoms with E-state index in [9.17, 15) is 14.0 Å². The average Bonchev–Trinajstić information content (AvgIpc) is 2.63.